The molecule has 0 aliphatic rings. The molecule has 4 heteroatoms. The lowest BCUT2D eigenvalue weighted by molar-refractivity contribution is 1.16. The molecule has 0 saturated carbocycles. The standard InChI is InChI=1S/C13H10ClN3/c14-10-6-7-11-12(15)16-13(17(11)8-10)9-4-2-1-3-5-9/h1-8H,15H2. The van der Waals surface area contributed by atoms with E-state index in [1.807, 2.05) is 53.1 Å². The molecule has 0 spiro atoms. The van der Waals surface area contributed by atoms with E-state index in [1.54, 1.807) is 0 Å². The number of pyridine rings is 1. The molecule has 2 aromatic heterocycles. The molecule has 0 amide bonds. The molecule has 17 heavy (non-hydrogen) atoms. The van der Waals surface area contributed by atoms with Crippen LogP contribution >= 0.6 is 11.6 Å². The molecule has 0 radical (unpaired) electrons. The van der Waals surface area contributed by atoms with Crippen LogP contribution in [0.3, 0.4) is 0 Å². The molecule has 1 aromatic carbocycles. The lowest BCUT2D eigenvalue weighted by Gasteiger charge is -2.01. The maximum absolute atomic E-state index is 6.00. The van der Waals surface area contributed by atoms with E-state index >= 15 is 0 Å². The lowest BCUT2D eigenvalue weighted by atomic mass is 10.2. The molecule has 0 aliphatic heterocycles. The summed E-state index contributed by atoms with van der Waals surface area (Å²) in [6.45, 7) is 0. The van der Waals surface area contributed by atoms with Crippen LogP contribution < -0.4 is 5.73 Å². The number of hydrogen-bond acceptors (Lipinski definition) is 2. The van der Waals surface area contributed by atoms with E-state index in [9.17, 15) is 0 Å². The Labute approximate surface area is 103 Å². The zero-order valence-corrected chi connectivity index (χ0v) is 9.72. The second-order valence-electron chi connectivity index (χ2n) is 3.79. The molecular formula is C13H10ClN3. The number of hydrogen-bond donors (Lipinski definition) is 1. The van der Waals surface area contributed by atoms with Gasteiger partial charge < -0.3 is 5.73 Å². The number of fused-ring (bicyclic) bond motifs is 1. The van der Waals surface area contributed by atoms with Crippen molar-refractivity contribution in [3.05, 3.63) is 53.7 Å². The monoisotopic (exact) mass is 243 g/mol. The zero-order valence-electron chi connectivity index (χ0n) is 8.97. The van der Waals surface area contributed by atoms with Crippen LogP contribution in [0.1, 0.15) is 0 Å². The van der Waals surface area contributed by atoms with Crippen molar-refractivity contribution in [3.63, 3.8) is 0 Å². The minimum Gasteiger partial charge on any atom is -0.382 e. The van der Waals surface area contributed by atoms with Gasteiger partial charge >= 0.3 is 0 Å². The number of rotatable bonds is 1. The van der Waals surface area contributed by atoms with Crippen molar-refractivity contribution < 1.29 is 0 Å². The van der Waals surface area contributed by atoms with Gasteiger partial charge in [0.25, 0.3) is 0 Å². The van der Waals surface area contributed by atoms with Gasteiger partial charge in [-0.1, -0.05) is 41.9 Å². The van der Waals surface area contributed by atoms with E-state index in [-0.39, 0.29) is 0 Å². The highest BCUT2D eigenvalue weighted by atomic mass is 35.5. The van der Waals surface area contributed by atoms with Crippen LogP contribution in [0.4, 0.5) is 5.82 Å². The maximum atomic E-state index is 6.00. The first-order chi connectivity index (χ1) is 8.25. The third kappa shape index (κ3) is 1.65. The van der Waals surface area contributed by atoms with E-state index in [4.69, 9.17) is 17.3 Å². The largest absolute Gasteiger partial charge is 0.382 e. The first-order valence-electron chi connectivity index (χ1n) is 5.24. The van der Waals surface area contributed by atoms with Gasteiger partial charge in [0.2, 0.25) is 0 Å². The molecule has 0 atom stereocenters. The average molecular weight is 244 g/mol. The van der Waals surface area contributed by atoms with Gasteiger partial charge in [0.1, 0.15) is 11.6 Å². The van der Waals surface area contributed by atoms with Crippen LogP contribution in [0.25, 0.3) is 16.9 Å². The minimum atomic E-state index is 0.514. The summed E-state index contributed by atoms with van der Waals surface area (Å²) in [5.74, 6) is 1.32. The van der Waals surface area contributed by atoms with Crippen molar-refractivity contribution in [2.45, 2.75) is 0 Å². The predicted octanol–water partition coefficient (Wildman–Crippen LogP) is 3.24. The van der Waals surface area contributed by atoms with E-state index in [0.29, 0.717) is 10.8 Å². The van der Waals surface area contributed by atoms with Crippen molar-refractivity contribution >= 4 is 22.9 Å². The molecule has 84 valence electrons. The summed E-state index contributed by atoms with van der Waals surface area (Å²) >= 11 is 6.00. The van der Waals surface area contributed by atoms with Gasteiger partial charge in [-0.25, -0.2) is 4.98 Å². The van der Waals surface area contributed by atoms with Crippen LogP contribution in [0, 0.1) is 0 Å². The fourth-order valence-electron chi connectivity index (χ4n) is 1.87. The summed E-state index contributed by atoms with van der Waals surface area (Å²) in [4.78, 5) is 4.38. The number of imidazole rings is 1. The number of anilines is 1. The number of aromatic nitrogens is 2. The van der Waals surface area contributed by atoms with Gasteiger partial charge in [0.05, 0.1) is 10.5 Å². The lowest BCUT2D eigenvalue weighted by Crippen LogP contribution is -1.88. The number of nitrogens with two attached hydrogens (primary N) is 1. The Kier molecular flexibility index (Phi) is 2.27. The summed E-state index contributed by atoms with van der Waals surface area (Å²) in [5.41, 5.74) is 7.77. The van der Waals surface area contributed by atoms with Gasteiger partial charge in [-0.2, -0.15) is 0 Å². The van der Waals surface area contributed by atoms with Crippen molar-refractivity contribution in [3.8, 4) is 11.4 Å². The molecule has 0 fully saturated rings. The topological polar surface area (TPSA) is 43.3 Å². The second-order valence-corrected chi connectivity index (χ2v) is 4.23. The number of nitrogen functional groups attached to an aromatic ring is 1. The first kappa shape index (κ1) is 10.2. The predicted molar refractivity (Wildman–Crippen MR) is 70.1 cm³/mol. The van der Waals surface area contributed by atoms with Crippen LogP contribution in [-0.4, -0.2) is 9.38 Å². The van der Waals surface area contributed by atoms with Crippen molar-refractivity contribution in [1.29, 1.82) is 0 Å². The fraction of sp³-hybridized carbons (Fsp3) is 0. The Bertz CT molecular complexity index is 674. The molecule has 0 bridgehead atoms. The van der Waals surface area contributed by atoms with Gasteiger partial charge in [-0.3, -0.25) is 4.40 Å². The first-order valence-corrected chi connectivity index (χ1v) is 5.62. The Balaban J connectivity index is 2.34. The number of halogens is 1. The zero-order chi connectivity index (χ0) is 11.8. The summed E-state index contributed by atoms with van der Waals surface area (Å²) in [5, 5.41) is 0.659. The molecule has 0 unspecified atom stereocenters. The summed E-state index contributed by atoms with van der Waals surface area (Å²) in [6, 6.07) is 13.6. The normalized spacial score (nSPS) is 10.9. The SMILES string of the molecule is Nc1nc(-c2ccccc2)n2cc(Cl)ccc12. The van der Waals surface area contributed by atoms with E-state index in [1.165, 1.54) is 0 Å². The quantitative estimate of drug-likeness (QED) is 0.713. The van der Waals surface area contributed by atoms with Crippen molar-refractivity contribution in [1.82, 2.24) is 9.38 Å². The Morgan fingerprint density at radius 1 is 1.06 bits per heavy atom. The average Bonchev–Trinajstić information content (AvgIpc) is 2.67. The molecule has 0 aliphatic carbocycles. The Morgan fingerprint density at radius 2 is 1.82 bits per heavy atom. The van der Waals surface area contributed by atoms with Gasteiger partial charge in [-0.15, -0.1) is 0 Å². The van der Waals surface area contributed by atoms with Crippen LogP contribution in [0.15, 0.2) is 48.7 Å². The highest BCUT2D eigenvalue weighted by Gasteiger charge is 2.10. The van der Waals surface area contributed by atoms with Crippen LogP contribution in [0.2, 0.25) is 5.02 Å². The molecular weight excluding hydrogens is 234 g/mol. The maximum Gasteiger partial charge on any atom is 0.150 e. The van der Waals surface area contributed by atoms with Gasteiger partial charge in [-0.05, 0) is 12.1 Å². The Hall–Kier alpha value is -2.00. The second kappa shape index (κ2) is 3.79. The highest BCUT2D eigenvalue weighted by Crippen LogP contribution is 2.25. The summed E-state index contributed by atoms with van der Waals surface area (Å²) < 4.78 is 1.91. The summed E-state index contributed by atoms with van der Waals surface area (Å²) in [7, 11) is 0. The van der Waals surface area contributed by atoms with Crippen molar-refractivity contribution in [2.24, 2.45) is 0 Å². The molecule has 0 saturated heterocycles. The Morgan fingerprint density at radius 3 is 2.59 bits per heavy atom. The van der Waals surface area contributed by atoms with Gasteiger partial charge in [0.15, 0.2) is 0 Å². The molecule has 3 aromatic rings. The molecule has 3 nitrogen and oxygen atoms in total. The van der Waals surface area contributed by atoms with Crippen molar-refractivity contribution in [2.75, 3.05) is 5.73 Å². The van der Waals surface area contributed by atoms with Crippen LogP contribution in [-0.2, 0) is 0 Å². The van der Waals surface area contributed by atoms with Gasteiger partial charge in [0, 0.05) is 11.8 Å². The highest BCUT2D eigenvalue weighted by molar-refractivity contribution is 6.30. The third-order valence-electron chi connectivity index (χ3n) is 2.66. The fourth-order valence-corrected chi connectivity index (χ4v) is 2.04. The number of nitrogens with zero attached hydrogens (tertiary/aromatic N) is 2. The number of benzene rings is 1. The third-order valence-corrected chi connectivity index (χ3v) is 2.88. The molecule has 2 heterocycles. The van der Waals surface area contributed by atoms with E-state index in [0.717, 1.165) is 16.9 Å². The van der Waals surface area contributed by atoms with Crippen LogP contribution in [0.5, 0.6) is 0 Å². The van der Waals surface area contributed by atoms with E-state index in [2.05, 4.69) is 4.98 Å². The minimum absolute atomic E-state index is 0.514. The smallest absolute Gasteiger partial charge is 0.150 e. The van der Waals surface area contributed by atoms with E-state index < -0.39 is 0 Å². The summed E-state index contributed by atoms with van der Waals surface area (Å²) in [6.07, 6.45) is 1.82. The molecule has 3 rings (SSSR count). The molecule has 2 N–H and O–H groups in total.